The van der Waals surface area contributed by atoms with E-state index in [2.05, 4.69) is 0 Å². The fraction of sp³-hybridized carbons (Fsp3) is 0.222. The van der Waals surface area contributed by atoms with Crippen molar-refractivity contribution in [2.24, 2.45) is 0 Å². The number of aliphatic hydroxyl groups excluding tert-OH is 1. The second kappa shape index (κ2) is 7.56. The van der Waals surface area contributed by atoms with Crippen LogP contribution in [0.2, 0.25) is 0 Å². The Balaban J connectivity index is 2.30. The Morgan fingerprint density at radius 2 is 1.30 bits per heavy atom. The van der Waals surface area contributed by atoms with Crippen LogP contribution in [0, 0.1) is 0 Å². The van der Waals surface area contributed by atoms with Gasteiger partial charge in [-0.1, -0.05) is 12.2 Å². The summed E-state index contributed by atoms with van der Waals surface area (Å²) < 4.78 is 10.4. The van der Waals surface area contributed by atoms with E-state index >= 15 is 0 Å². The number of rotatable bonds is 6. The standard InChI is InChI=1S/C18H20O5/c1-22-14-7-12(8-15(11-14)23-2)3-4-13-9-17(20)16(5-6-19)18(21)10-13/h3-4,7-11,19-21H,5-6H2,1-2H3. The minimum Gasteiger partial charge on any atom is -0.508 e. The largest absolute Gasteiger partial charge is 0.508 e. The molecule has 0 fully saturated rings. The molecule has 0 saturated carbocycles. The average Bonchev–Trinajstić information content (AvgIpc) is 2.55. The number of hydrogen-bond donors (Lipinski definition) is 3. The molecule has 0 saturated heterocycles. The Labute approximate surface area is 135 Å². The van der Waals surface area contributed by atoms with E-state index < -0.39 is 0 Å². The molecule has 0 spiro atoms. The molecular formula is C18H20O5. The van der Waals surface area contributed by atoms with Gasteiger partial charge in [-0.2, -0.15) is 0 Å². The predicted molar refractivity (Wildman–Crippen MR) is 89.0 cm³/mol. The summed E-state index contributed by atoms with van der Waals surface area (Å²) in [5, 5.41) is 28.8. The fourth-order valence-corrected chi connectivity index (χ4v) is 2.25. The normalized spacial score (nSPS) is 10.9. The van der Waals surface area contributed by atoms with E-state index in [1.54, 1.807) is 38.5 Å². The van der Waals surface area contributed by atoms with E-state index in [4.69, 9.17) is 14.6 Å². The van der Waals surface area contributed by atoms with Crippen molar-refractivity contribution in [3.63, 3.8) is 0 Å². The molecule has 0 aliphatic carbocycles. The van der Waals surface area contributed by atoms with Crippen molar-refractivity contribution in [2.45, 2.75) is 6.42 Å². The quantitative estimate of drug-likeness (QED) is 0.714. The fourth-order valence-electron chi connectivity index (χ4n) is 2.25. The van der Waals surface area contributed by atoms with Crippen LogP contribution in [0.15, 0.2) is 30.3 Å². The molecule has 2 rings (SSSR count). The zero-order chi connectivity index (χ0) is 16.8. The molecular weight excluding hydrogens is 296 g/mol. The van der Waals surface area contributed by atoms with Crippen LogP contribution in [-0.4, -0.2) is 36.1 Å². The van der Waals surface area contributed by atoms with E-state index in [0.29, 0.717) is 22.6 Å². The summed E-state index contributed by atoms with van der Waals surface area (Å²) in [5.74, 6) is 1.27. The van der Waals surface area contributed by atoms with E-state index in [9.17, 15) is 10.2 Å². The van der Waals surface area contributed by atoms with Gasteiger partial charge in [0.05, 0.1) is 14.2 Å². The van der Waals surface area contributed by atoms with E-state index in [1.807, 2.05) is 18.2 Å². The van der Waals surface area contributed by atoms with Gasteiger partial charge in [0.25, 0.3) is 0 Å². The topological polar surface area (TPSA) is 79.2 Å². The number of aliphatic hydroxyl groups is 1. The lowest BCUT2D eigenvalue weighted by atomic mass is 10.0. The molecule has 2 aromatic rings. The van der Waals surface area contributed by atoms with Crippen molar-refractivity contribution >= 4 is 12.2 Å². The highest BCUT2D eigenvalue weighted by molar-refractivity contribution is 5.72. The number of phenolic OH excluding ortho intramolecular Hbond substituents is 2. The van der Waals surface area contributed by atoms with Crippen LogP contribution in [0.25, 0.3) is 12.2 Å². The highest BCUT2D eigenvalue weighted by Gasteiger charge is 2.08. The molecule has 0 aliphatic rings. The lowest BCUT2D eigenvalue weighted by molar-refractivity contribution is 0.294. The molecule has 0 unspecified atom stereocenters. The van der Waals surface area contributed by atoms with Crippen LogP contribution in [0.4, 0.5) is 0 Å². The van der Waals surface area contributed by atoms with Crippen LogP contribution in [0.5, 0.6) is 23.0 Å². The van der Waals surface area contributed by atoms with Gasteiger partial charge in [0, 0.05) is 24.7 Å². The van der Waals surface area contributed by atoms with E-state index in [1.165, 1.54) is 0 Å². The van der Waals surface area contributed by atoms with Gasteiger partial charge in [-0.15, -0.1) is 0 Å². The minimum atomic E-state index is -0.139. The maximum absolute atomic E-state index is 9.92. The van der Waals surface area contributed by atoms with Crippen LogP contribution < -0.4 is 9.47 Å². The third kappa shape index (κ3) is 4.17. The molecule has 5 nitrogen and oxygen atoms in total. The first-order chi connectivity index (χ1) is 11.1. The molecule has 0 aliphatic heterocycles. The van der Waals surface area contributed by atoms with Gasteiger partial charge in [0.15, 0.2) is 0 Å². The number of methoxy groups -OCH3 is 2. The van der Waals surface area contributed by atoms with Gasteiger partial charge in [0.2, 0.25) is 0 Å². The zero-order valence-corrected chi connectivity index (χ0v) is 13.1. The Kier molecular flexibility index (Phi) is 5.49. The summed E-state index contributed by atoms with van der Waals surface area (Å²) >= 11 is 0. The maximum Gasteiger partial charge on any atom is 0.123 e. The number of aromatic hydroxyl groups is 2. The maximum atomic E-state index is 9.92. The van der Waals surface area contributed by atoms with Crippen LogP contribution in [0.1, 0.15) is 16.7 Å². The van der Waals surface area contributed by atoms with Crippen LogP contribution in [0.3, 0.4) is 0 Å². The first-order valence-electron chi connectivity index (χ1n) is 7.14. The third-order valence-corrected chi connectivity index (χ3v) is 3.43. The predicted octanol–water partition coefficient (Wildman–Crippen LogP) is 2.82. The van der Waals surface area contributed by atoms with Gasteiger partial charge in [0.1, 0.15) is 23.0 Å². The summed E-state index contributed by atoms with van der Waals surface area (Å²) in [5.41, 5.74) is 1.84. The highest BCUT2D eigenvalue weighted by atomic mass is 16.5. The molecule has 5 heteroatoms. The molecule has 0 aromatic heterocycles. The highest BCUT2D eigenvalue weighted by Crippen LogP contribution is 2.30. The molecule has 0 radical (unpaired) electrons. The molecule has 0 atom stereocenters. The summed E-state index contributed by atoms with van der Waals surface area (Å²) in [7, 11) is 3.16. The summed E-state index contributed by atoms with van der Waals surface area (Å²) in [6.45, 7) is -0.139. The van der Waals surface area contributed by atoms with Crippen molar-refractivity contribution in [1.82, 2.24) is 0 Å². The van der Waals surface area contributed by atoms with Gasteiger partial charge in [-0.25, -0.2) is 0 Å². The Morgan fingerprint density at radius 1 is 0.826 bits per heavy atom. The van der Waals surface area contributed by atoms with E-state index in [0.717, 1.165) is 5.56 Å². The second-order valence-corrected chi connectivity index (χ2v) is 4.99. The lowest BCUT2D eigenvalue weighted by Gasteiger charge is -2.08. The smallest absolute Gasteiger partial charge is 0.123 e. The number of phenols is 2. The molecule has 3 N–H and O–H groups in total. The molecule has 2 aromatic carbocycles. The number of benzene rings is 2. The van der Waals surface area contributed by atoms with Gasteiger partial charge in [-0.05, 0) is 35.4 Å². The molecule has 122 valence electrons. The number of hydrogen-bond acceptors (Lipinski definition) is 5. The SMILES string of the molecule is COc1cc(C=Cc2cc(O)c(CCO)c(O)c2)cc(OC)c1. The molecule has 0 amide bonds. The van der Waals surface area contributed by atoms with Gasteiger partial charge >= 0.3 is 0 Å². The van der Waals surface area contributed by atoms with Crippen LogP contribution in [-0.2, 0) is 6.42 Å². The summed E-state index contributed by atoms with van der Waals surface area (Å²) in [4.78, 5) is 0. The Morgan fingerprint density at radius 3 is 1.74 bits per heavy atom. The zero-order valence-electron chi connectivity index (χ0n) is 13.1. The first kappa shape index (κ1) is 16.7. The third-order valence-electron chi connectivity index (χ3n) is 3.43. The second-order valence-electron chi connectivity index (χ2n) is 4.99. The molecule has 0 bridgehead atoms. The first-order valence-corrected chi connectivity index (χ1v) is 7.14. The molecule has 0 heterocycles. The Bertz CT molecular complexity index is 661. The number of ether oxygens (including phenoxy) is 2. The van der Waals surface area contributed by atoms with Crippen molar-refractivity contribution in [3.05, 3.63) is 47.0 Å². The monoisotopic (exact) mass is 316 g/mol. The van der Waals surface area contributed by atoms with Crippen molar-refractivity contribution < 1.29 is 24.8 Å². The summed E-state index contributed by atoms with van der Waals surface area (Å²) in [6.07, 6.45) is 3.79. The lowest BCUT2D eigenvalue weighted by Crippen LogP contribution is -1.92. The van der Waals surface area contributed by atoms with Crippen molar-refractivity contribution in [2.75, 3.05) is 20.8 Å². The van der Waals surface area contributed by atoms with Crippen molar-refractivity contribution in [3.8, 4) is 23.0 Å². The van der Waals surface area contributed by atoms with Gasteiger partial charge < -0.3 is 24.8 Å². The van der Waals surface area contributed by atoms with E-state index in [-0.39, 0.29) is 24.5 Å². The van der Waals surface area contributed by atoms with Crippen LogP contribution >= 0.6 is 0 Å². The minimum absolute atomic E-state index is 0.0399. The molecule has 23 heavy (non-hydrogen) atoms. The van der Waals surface area contributed by atoms with Gasteiger partial charge in [-0.3, -0.25) is 0 Å². The Hall–Kier alpha value is -2.66. The summed E-state index contributed by atoms with van der Waals surface area (Å²) in [6, 6.07) is 8.55. The van der Waals surface area contributed by atoms with Crippen molar-refractivity contribution in [1.29, 1.82) is 0 Å². The average molecular weight is 316 g/mol.